The Labute approximate surface area is 112 Å². The van der Waals surface area contributed by atoms with Crippen LogP contribution in [0.1, 0.15) is 24.0 Å². The minimum Gasteiger partial charge on any atom is -0.493 e. The van der Waals surface area contributed by atoms with Gasteiger partial charge < -0.3 is 19.4 Å². The second kappa shape index (κ2) is 5.82. The number of hydrogen-bond donors (Lipinski definition) is 1. The number of fused-ring (bicyclic) bond motifs is 1. The average molecular weight is 265 g/mol. The molecule has 104 valence electrons. The Balaban J connectivity index is 2.61. The van der Waals surface area contributed by atoms with Gasteiger partial charge in [0.25, 0.3) is 0 Å². The summed E-state index contributed by atoms with van der Waals surface area (Å²) in [7, 11) is 4.81. The van der Waals surface area contributed by atoms with Gasteiger partial charge in [0, 0.05) is 12.0 Å². The standard InChI is InChI=1S/C14H19NO4/c1-17-12-7-9-5-4-6-10(15-16)8-11(9)13(18-2)14(12)19-3/h7,16H,4-6,8H2,1-3H3/b15-10+. The molecule has 5 heteroatoms. The molecule has 1 N–H and O–H groups in total. The van der Waals surface area contributed by atoms with E-state index < -0.39 is 0 Å². The first-order chi connectivity index (χ1) is 9.24. The zero-order valence-corrected chi connectivity index (χ0v) is 11.5. The molecule has 1 aromatic rings. The number of benzene rings is 1. The van der Waals surface area contributed by atoms with Gasteiger partial charge in [0.2, 0.25) is 5.75 Å². The van der Waals surface area contributed by atoms with E-state index in [0.717, 1.165) is 36.1 Å². The summed E-state index contributed by atoms with van der Waals surface area (Å²) in [5, 5.41) is 12.4. The van der Waals surface area contributed by atoms with Crippen LogP contribution in [-0.4, -0.2) is 32.2 Å². The molecule has 1 aromatic carbocycles. The summed E-state index contributed by atoms with van der Waals surface area (Å²) in [5.74, 6) is 1.92. The highest BCUT2D eigenvalue weighted by molar-refractivity contribution is 5.88. The summed E-state index contributed by atoms with van der Waals surface area (Å²) in [6.07, 6.45) is 3.23. The Bertz CT molecular complexity index is 497. The van der Waals surface area contributed by atoms with Crippen molar-refractivity contribution >= 4 is 5.71 Å². The van der Waals surface area contributed by atoms with Gasteiger partial charge in [0.15, 0.2) is 11.5 Å². The lowest BCUT2D eigenvalue weighted by Gasteiger charge is -2.18. The Kier molecular flexibility index (Phi) is 4.14. The van der Waals surface area contributed by atoms with Crippen LogP contribution in [0.4, 0.5) is 0 Å². The normalized spacial score (nSPS) is 16.7. The molecule has 0 aromatic heterocycles. The first-order valence-electron chi connectivity index (χ1n) is 6.25. The monoisotopic (exact) mass is 265 g/mol. The highest BCUT2D eigenvalue weighted by atomic mass is 16.5. The van der Waals surface area contributed by atoms with Crippen molar-refractivity contribution < 1.29 is 19.4 Å². The third-order valence-corrected chi connectivity index (χ3v) is 3.46. The van der Waals surface area contributed by atoms with Crippen molar-refractivity contribution in [1.29, 1.82) is 0 Å². The van der Waals surface area contributed by atoms with E-state index in [-0.39, 0.29) is 0 Å². The molecule has 0 saturated heterocycles. The van der Waals surface area contributed by atoms with Gasteiger partial charge in [0.05, 0.1) is 27.0 Å². The maximum Gasteiger partial charge on any atom is 0.203 e. The minimum atomic E-state index is 0.579. The summed E-state index contributed by atoms with van der Waals surface area (Å²) < 4.78 is 16.2. The molecule has 19 heavy (non-hydrogen) atoms. The molecule has 0 aliphatic heterocycles. The highest BCUT2D eigenvalue weighted by Crippen LogP contribution is 2.43. The van der Waals surface area contributed by atoms with E-state index in [9.17, 15) is 0 Å². The van der Waals surface area contributed by atoms with Gasteiger partial charge in [-0.05, 0) is 30.9 Å². The van der Waals surface area contributed by atoms with Crippen molar-refractivity contribution in [3.8, 4) is 17.2 Å². The van der Waals surface area contributed by atoms with Crippen LogP contribution < -0.4 is 14.2 Å². The van der Waals surface area contributed by atoms with Crippen molar-refractivity contribution in [3.63, 3.8) is 0 Å². The van der Waals surface area contributed by atoms with Crippen molar-refractivity contribution in [2.45, 2.75) is 25.7 Å². The molecule has 0 radical (unpaired) electrons. The van der Waals surface area contributed by atoms with Crippen LogP contribution >= 0.6 is 0 Å². The number of oxime groups is 1. The molecule has 0 bridgehead atoms. The van der Waals surface area contributed by atoms with E-state index in [1.54, 1.807) is 21.3 Å². The highest BCUT2D eigenvalue weighted by Gasteiger charge is 2.23. The second-order valence-corrected chi connectivity index (χ2v) is 4.48. The predicted molar refractivity (Wildman–Crippen MR) is 72.0 cm³/mol. The molecule has 0 saturated carbocycles. The van der Waals surface area contributed by atoms with Gasteiger partial charge in [-0.3, -0.25) is 0 Å². The van der Waals surface area contributed by atoms with Crippen LogP contribution in [0, 0.1) is 0 Å². The maximum absolute atomic E-state index is 9.02. The van der Waals surface area contributed by atoms with E-state index in [1.165, 1.54) is 0 Å². The molecule has 0 spiro atoms. The van der Waals surface area contributed by atoms with Gasteiger partial charge in [-0.2, -0.15) is 0 Å². The fourth-order valence-electron chi connectivity index (χ4n) is 2.54. The van der Waals surface area contributed by atoms with E-state index in [1.807, 2.05) is 6.07 Å². The number of hydrogen-bond acceptors (Lipinski definition) is 5. The lowest BCUT2D eigenvalue weighted by Crippen LogP contribution is -2.06. The molecule has 1 aliphatic rings. The zero-order valence-electron chi connectivity index (χ0n) is 11.5. The van der Waals surface area contributed by atoms with Crippen molar-refractivity contribution in [2.75, 3.05) is 21.3 Å². The Morgan fingerprint density at radius 1 is 1.05 bits per heavy atom. The van der Waals surface area contributed by atoms with E-state index in [4.69, 9.17) is 19.4 Å². The van der Waals surface area contributed by atoms with E-state index in [2.05, 4.69) is 5.16 Å². The topological polar surface area (TPSA) is 60.3 Å². The molecule has 2 rings (SSSR count). The lowest BCUT2D eigenvalue weighted by molar-refractivity contribution is 0.315. The second-order valence-electron chi connectivity index (χ2n) is 4.48. The molecular formula is C14H19NO4. The average Bonchev–Trinajstić information content (AvgIpc) is 2.66. The molecule has 0 amide bonds. The number of methoxy groups -OCH3 is 3. The molecule has 1 aliphatic carbocycles. The fraction of sp³-hybridized carbons (Fsp3) is 0.500. The molecular weight excluding hydrogens is 246 g/mol. The molecule has 0 fully saturated rings. The third-order valence-electron chi connectivity index (χ3n) is 3.46. The van der Waals surface area contributed by atoms with Crippen LogP contribution in [0.5, 0.6) is 17.2 Å². The first-order valence-corrected chi connectivity index (χ1v) is 6.25. The van der Waals surface area contributed by atoms with Crippen molar-refractivity contribution in [2.24, 2.45) is 5.16 Å². The quantitative estimate of drug-likeness (QED) is 0.518. The Hall–Kier alpha value is -1.91. The van der Waals surface area contributed by atoms with Crippen LogP contribution in [0.15, 0.2) is 11.2 Å². The molecule has 5 nitrogen and oxygen atoms in total. The first kappa shape index (κ1) is 13.5. The summed E-state index contributed by atoms with van der Waals surface area (Å²) in [6.45, 7) is 0. The number of nitrogens with zero attached hydrogens (tertiary/aromatic N) is 1. The largest absolute Gasteiger partial charge is 0.493 e. The zero-order chi connectivity index (χ0) is 13.8. The minimum absolute atomic E-state index is 0.579. The number of aryl methyl sites for hydroxylation is 1. The van der Waals surface area contributed by atoms with Gasteiger partial charge >= 0.3 is 0 Å². The maximum atomic E-state index is 9.02. The van der Waals surface area contributed by atoms with Crippen molar-refractivity contribution in [3.05, 3.63) is 17.2 Å². The third kappa shape index (κ3) is 2.45. The summed E-state index contributed by atoms with van der Waals surface area (Å²) in [6, 6.07) is 1.98. The number of rotatable bonds is 3. The van der Waals surface area contributed by atoms with Gasteiger partial charge in [-0.1, -0.05) is 5.16 Å². The summed E-state index contributed by atoms with van der Waals surface area (Å²) in [5.41, 5.74) is 2.95. The molecule has 0 atom stereocenters. The Morgan fingerprint density at radius 2 is 1.79 bits per heavy atom. The van der Waals surface area contributed by atoms with Gasteiger partial charge in [-0.15, -0.1) is 0 Å². The van der Waals surface area contributed by atoms with E-state index >= 15 is 0 Å². The van der Waals surface area contributed by atoms with E-state index in [0.29, 0.717) is 23.7 Å². The smallest absolute Gasteiger partial charge is 0.203 e. The molecule has 0 heterocycles. The predicted octanol–water partition coefficient (Wildman–Crippen LogP) is 2.42. The SMILES string of the molecule is COc1cc2c(c(OC)c1OC)C/C(=N/O)CCC2. The van der Waals surface area contributed by atoms with Crippen LogP contribution in [0.3, 0.4) is 0 Å². The van der Waals surface area contributed by atoms with Gasteiger partial charge in [0.1, 0.15) is 0 Å². The Morgan fingerprint density at radius 3 is 2.37 bits per heavy atom. The van der Waals surface area contributed by atoms with Gasteiger partial charge in [-0.25, -0.2) is 0 Å². The lowest BCUT2D eigenvalue weighted by atomic mass is 10.00. The summed E-state index contributed by atoms with van der Waals surface area (Å²) in [4.78, 5) is 0. The van der Waals surface area contributed by atoms with Crippen LogP contribution in [0.2, 0.25) is 0 Å². The fourth-order valence-corrected chi connectivity index (χ4v) is 2.54. The van der Waals surface area contributed by atoms with Crippen LogP contribution in [0.25, 0.3) is 0 Å². The summed E-state index contributed by atoms with van der Waals surface area (Å²) >= 11 is 0. The van der Waals surface area contributed by atoms with Crippen LogP contribution in [-0.2, 0) is 12.8 Å². The van der Waals surface area contributed by atoms with Crippen molar-refractivity contribution in [1.82, 2.24) is 0 Å². The molecule has 0 unspecified atom stereocenters. The number of ether oxygens (including phenoxy) is 3.